The molecule has 3 amide bonds. The molecule has 1 saturated carbocycles. The second-order valence-corrected chi connectivity index (χ2v) is 8.54. The molecule has 2 heterocycles. The number of benzene rings is 2. The van der Waals surface area contributed by atoms with Gasteiger partial charge in [0.1, 0.15) is 28.6 Å². The molecular formula is C26H22ClN5O4. The number of halogens is 1. The quantitative estimate of drug-likeness (QED) is 0.301. The van der Waals surface area contributed by atoms with E-state index in [1.165, 1.54) is 7.11 Å². The van der Waals surface area contributed by atoms with Gasteiger partial charge in [0.25, 0.3) is 5.91 Å². The summed E-state index contributed by atoms with van der Waals surface area (Å²) >= 11 is 6.38. The van der Waals surface area contributed by atoms with E-state index >= 15 is 0 Å². The molecule has 0 bridgehead atoms. The highest BCUT2D eigenvalue weighted by Crippen LogP contribution is 2.36. The number of carbonyl (C=O) groups is 2. The molecule has 5 rings (SSSR count). The minimum atomic E-state index is -0.413. The molecule has 9 nitrogen and oxygen atoms in total. The highest BCUT2D eigenvalue weighted by Gasteiger charge is 2.24. The zero-order valence-electron chi connectivity index (χ0n) is 19.2. The van der Waals surface area contributed by atoms with Crippen LogP contribution in [-0.4, -0.2) is 35.1 Å². The molecule has 1 aliphatic carbocycles. The number of amides is 3. The topological polar surface area (TPSA) is 114 Å². The molecule has 1 fully saturated rings. The van der Waals surface area contributed by atoms with E-state index in [0.717, 1.165) is 12.8 Å². The first-order valence-electron chi connectivity index (χ1n) is 11.2. The number of hydrogen-bond acceptors (Lipinski definition) is 6. The molecule has 1 aliphatic rings. The van der Waals surface area contributed by atoms with Gasteiger partial charge in [0, 0.05) is 29.9 Å². The Morgan fingerprint density at radius 1 is 0.972 bits per heavy atom. The Morgan fingerprint density at radius 2 is 1.83 bits per heavy atom. The number of hydrogen-bond donors (Lipinski definition) is 3. The third-order valence-corrected chi connectivity index (χ3v) is 5.83. The van der Waals surface area contributed by atoms with Crippen LogP contribution in [0.5, 0.6) is 17.2 Å². The van der Waals surface area contributed by atoms with Crippen molar-refractivity contribution in [1.82, 2.24) is 15.3 Å². The molecule has 36 heavy (non-hydrogen) atoms. The predicted octanol–water partition coefficient (Wildman–Crippen LogP) is 5.62. The molecule has 2 aromatic carbocycles. The van der Waals surface area contributed by atoms with Gasteiger partial charge in [0.2, 0.25) is 0 Å². The van der Waals surface area contributed by atoms with Crippen LogP contribution in [-0.2, 0) is 0 Å². The number of aromatic nitrogens is 2. The summed E-state index contributed by atoms with van der Waals surface area (Å²) in [5, 5.41) is 9.30. The molecule has 0 spiro atoms. The Balaban J connectivity index is 1.42. The van der Waals surface area contributed by atoms with Crippen LogP contribution >= 0.6 is 11.6 Å². The van der Waals surface area contributed by atoms with Gasteiger partial charge in [-0.05, 0) is 55.3 Å². The Labute approximate surface area is 211 Å². The van der Waals surface area contributed by atoms with Gasteiger partial charge in [-0.15, -0.1) is 0 Å². The van der Waals surface area contributed by atoms with E-state index in [9.17, 15) is 9.59 Å². The van der Waals surface area contributed by atoms with E-state index in [2.05, 4.69) is 25.9 Å². The average molecular weight is 504 g/mol. The molecule has 3 N–H and O–H groups in total. The first-order chi connectivity index (χ1) is 17.5. The summed E-state index contributed by atoms with van der Waals surface area (Å²) in [6.07, 6.45) is 5.12. The van der Waals surface area contributed by atoms with Crippen LogP contribution in [0.2, 0.25) is 5.02 Å². The van der Waals surface area contributed by atoms with Gasteiger partial charge >= 0.3 is 6.03 Å². The predicted molar refractivity (Wildman–Crippen MR) is 137 cm³/mol. The van der Waals surface area contributed by atoms with Crippen molar-refractivity contribution >= 4 is 45.9 Å². The molecule has 0 radical (unpaired) electrons. The van der Waals surface area contributed by atoms with E-state index in [0.29, 0.717) is 44.7 Å². The Morgan fingerprint density at radius 3 is 2.56 bits per heavy atom. The molecule has 0 aliphatic heterocycles. The van der Waals surface area contributed by atoms with Crippen molar-refractivity contribution in [3.05, 3.63) is 77.6 Å². The van der Waals surface area contributed by atoms with E-state index in [1.807, 2.05) is 0 Å². The average Bonchev–Trinajstić information content (AvgIpc) is 3.69. The summed E-state index contributed by atoms with van der Waals surface area (Å²) in [7, 11) is 1.49. The molecule has 10 heteroatoms. The zero-order valence-corrected chi connectivity index (χ0v) is 20.0. The number of carbonyl (C=O) groups excluding carboxylic acids is 2. The summed E-state index contributed by atoms with van der Waals surface area (Å²) in [5.74, 6) is 1.28. The number of fused-ring (bicyclic) bond motifs is 1. The summed E-state index contributed by atoms with van der Waals surface area (Å²) in [6.45, 7) is 0. The molecule has 4 aromatic rings. The fraction of sp³-hybridized carbons (Fsp3) is 0.154. The van der Waals surface area contributed by atoms with Crippen LogP contribution in [0.4, 0.5) is 16.3 Å². The van der Waals surface area contributed by atoms with Crippen LogP contribution in [0.25, 0.3) is 10.9 Å². The van der Waals surface area contributed by atoms with Crippen LogP contribution in [0.15, 0.2) is 67.0 Å². The minimum Gasteiger partial charge on any atom is -0.496 e. The number of pyridine rings is 2. The lowest BCUT2D eigenvalue weighted by Gasteiger charge is -2.14. The summed E-state index contributed by atoms with van der Waals surface area (Å²) in [4.78, 5) is 33.7. The lowest BCUT2D eigenvalue weighted by Crippen LogP contribution is -2.30. The monoisotopic (exact) mass is 503 g/mol. The van der Waals surface area contributed by atoms with Crippen molar-refractivity contribution in [3.63, 3.8) is 0 Å². The second-order valence-electron chi connectivity index (χ2n) is 8.13. The largest absolute Gasteiger partial charge is 0.496 e. The van der Waals surface area contributed by atoms with Gasteiger partial charge in [-0.25, -0.2) is 9.78 Å². The van der Waals surface area contributed by atoms with Crippen LogP contribution in [0.1, 0.15) is 23.2 Å². The third-order valence-electron chi connectivity index (χ3n) is 5.52. The molecule has 182 valence electrons. The number of rotatable bonds is 7. The molecule has 0 unspecified atom stereocenters. The van der Waals surface area contributed by atoms with Crippen molar-refractivity contribution < 1.29 is 19.1 Å². The summed E-state index contributed by atoms with van der Waals surface area (Å²) < 4.78 is 11.5. The number of anilines is 2. The van der Waals surface area contributed by atoms with Crippen molar-refractivity contribution in [2.45, 2.75) is 18.9 Å². The lowest BCUT2D eigenvalue weighted by molar-refractivity contribution is 0.102. The van der Waals surface area contributed by atoms with Crippen molar-refractivity contribution in [3.8, 4) is 17.2 Å². The summed E-state index contributed by atoms with van der Waals surface area (Å²) in [5.41, 5.74) is 1.13. The minimum absolute atomic E-state index is 0.237. The Hall–Kier alpha value is -4.37. The van der Waals surface area contributed by atoms with Gasteiger partial charge < -0.3 is 25.4 Å². The first kappa shape index (κ1) is 23.4. The first-order valence-corrected chi connectivity index (χ1v) is 11.6. The fourth-order valence-corrected chi connectivity index (χ4v) is 3.85. The number of urea groups is 1. The number of methoxy groups -OCH3 is 1. The standard InChI is InChI=1S/C26H22ClN5O4/c1-35-21-10-8-17-20(11-13-29-24(17)23(21)25(33)32-22-4-2-3-12-28-22)36-16-7-9-19(18(27)14-16)31-26(34)30-15-5-6-15/h2-4,7-15H,5-6H2,1H3,(H,28,32,33)(H2,30,31,34). The highest BCUT2D eigenvalue weighted by atomic mass is 35.5. The van der Waals surface area contributed by atoms with Crippen LogP contribution < -0.4 is 25.4 Å². The maximum atomic E-state index is 13.1. The SMILES string of the molecule is COc1ccc2c(Oc3ccc(NC(=O)NC4CC4)c(Cl)c3)ccnc2c1C(=O)Nc1ccccn1. The van der Waals surface area contributed by atoms with Gasteiger partial charge in [0.15, 0.2) is 0 Å². The number of ether oxygens (including phenoxy) is 2. The van der Waals surface area contributed by atoms with E-state index in [1.54, 1.807) is 67.0 Å². The van der Waals surface area contributed by atoms with E-state index in [4.69, 9.17) is 21.1 Å². The summed E-state index contributed by atoms with van der Waals surface area (Å²) in [6, 6.07) is 15.3. The lowest BCUT2D eigenvalue weighted by atomic mass is 10.1. The Kier molecular flexibility index (Phi) is 6.55. The van der Waals surface area contributed by atoms with Crippen molar-refractivity contribution in [2.24, 2.45) is 0 Å². The maximum absolute atomic E-state index is 13.1. The smallest absolute Gasteiger partial charge is 0.319 e. The molecule has 2 aromatic heterocycles. The second kappa shape index (κ2) is 10.1. The zero-order chi connectivity index (χ0) is 25.1. The molecule has 0 atom stereocenters. The van der Waals surface area contributed by atoms with Crippen LogP contribution in [0, 0.1) is 0 Å². The van der Waals surface area contributed by atoms with Gasteiger partial charge in [-0.3, -0.25) is 9.78 Å². The normalized spacial score (nSPS) is 12.6. The number of nitrogens with zero attached hydrogens (tertiary/aromatic N) is 2. The third kappa shape index (κ3) is 5.16. The highest BCUT2D eigenvalue weighted by molar-refractivity contribution is 6.33. The molecule has 0 saturated heterocycles. The van der Waals surface area contributed by atoms with Gasteiger partial charge in [-0.2, -0.15) is 0 Å². The van der Waals surface area contributed by atoms with Crippen molar-refractivity contribution in [2.75, 3.05) is 17.7 Å². The van der Waals surface area contributed by atoms with Gasteiger partial charge in [-0.1, -0.05) is 17.7 Å². The fourth-order valence-electron chi connectivity index (χ4n) is 3.63. The Bertz CT molecular complexity index is 1440. The maximum Gasteiger partial charge on any atom is 0.319 e. The van der Waals surface area contributed by atoms with E-state index in [-0.39, 0.29) is 17.6 Å². The van der Waals surface area contributed by atoms with E-state index < -0.39 is 5.91 Å². The number of nitrogens with one attached hydrogen (secondary N) is 3. The molecular weight excluding hydrogens is 482 g/mol. The van der Waals surface area contributed by atoms with Crippen LogP contribution in [0.3, 0.4) is 0 Å². The van der Waals surface area contributed by atoms with Gasteiger partial charge in [0.05, 0.1) is 23.3 Å². The van der Waals surface area contributed by atoms with Crippen molar-refractivity contribution in [1.29, 1.82) is 0 Å².